The van der Waals surface area contributed by atoms with Gasteiger partial charge in [0, 0.05) is 18.9 Å². The van der Waals surface area contributed by atoms with E-state index in [1.165, 1.54) is 6.07 Å². The SMILES string of the molecule is Cc1ccccc1OCC(=O)Oc1cccc(N2C(=O)CCC2=O)c1. The lowest BCUT2D eigenvalue weighted by atomic mass is 10.2. The molecule has 1 fully saturated rings. The fraction of sp³-hybridized carbons (Fsp3) is 0.211. The summed E-state index contributed by atoms with van der Waals surface area (Å²) in [7, 11) is 0. The normalized spacial score (nSPS) is 13.9. The topological polar surface area (TPSA) is 72.9 Å². The van der Waals surface area contributed by atoms with Crippen LogP contribution in [-0.4, -0.2) is 24.4 Å². The predicted molar refractivity (Wildman–Crippen MR) is 90.5 cm³/mol. The fourth-order valence-electron chi connectivity index (χ4n) is 2.57. The minimum atomic E-state index is -0.570. The van der Waals surface area contributed by atoms with Gasteiger partial charge < -0.3 is 9.47 Å². The second-order valence-corrected chi connectivity index (χ2v) is 5.65. The van der Waals surface area contributed by atoms with E-state index < -0.39 is 5.97 Å². The van der Waals surface area contributed by atoms with Crippen molar-refractivity contribution < 1.29 is 23.9 Å². The predicted octanol–water partition coefficient (Wildman–Crippen LogP) is 2.63. The lowest BCUT2D eigenvalue weighted by molar-refractivity contribution is -0.136. The largest absolute Gasteiger partial charge is 0.482 e. The number of anilines is 1. The van der Waals surface area contributed by atoms with E-state index in [0.717, 1.165) is 10.5 Å². The van der Waals surface area contributed by atoms with E-state index in [2.05, 4.69) is 0 Å². The third-order valence-corrected chi connectivity index (χ3v) is 3.80. The Bertz CT molecular complexity index is 814. The quantitative estimate of drug-likeness (QED) is 0.476. The van der Waals surface area contributed by atoms with E-state index in [4.69, 9.17) is 9.47 Å². The van der Waals surface area contributed by atoms with Gasteiger partial charge in [-0.05, 0) is 30.7 Å². The number of benzene rings is 2. The molecule has 0 unspecified atom stereocenters. The van der Waals surface area contributed by atoms with Crippen LogP contribution in [0.3, 0.4) is 0 Å². The summed E-state index contributed by atoms with van der Waals surface area (Å²) < 4.78 is 10.7. The maximum atomic E-state index is 12.0. The first-order valence-electron chi connectivity index (χ1n) is 7.89. The summed E-state index contributed by atoms with van der Waals surface area (Å²) in [6.45, 7) is 1.64. The van der Waals surface area contributed by atoms with Crippen molar-refractivity contribution in [3.05, 3.63) is 54.1 Å². The van der Waals surface area contributed by atoms with Crippen molar-refractivity contribution in [2.45, 2.75) is 19.8 Å². The molecule has 0 spiro atoms. The van der Waals surface area contributed by atoms with Crippen LogP contribution in [0.5, 0.6) is 11.5 Å². The molecule has 3 rings (SSSR count). The van der Waals surface area contributed by atoms with E-state index >= 15 is 0 Å². The summed E-state index contributed by atoms with van der Waals surface area (Å²) in [5, 5.41) is 0. The van der Waals surface area contributed by atoms with E-state index in [9.17, 15) is 14.4 Å². The van der Waals surface area contributed by atoms with Crippen LogP contribution >= 0.6 is 0 Å². The minimum absolute atomic E-state index is 0.202. The Morgan fingerprint density at radius 3 is 2.48 bits per heavy atom. The molecule has 0 N–H and O–H groups in total. The Morgan fingerprint density at radius 2 is 1.76 bits per heavy atom. The smallest absolute Gasteiger partial charge is 0.349 e. The highest BCUT2D eigenvalue weighted by atomic mass is 16.6. The van der Waals surface area contributed by atoms with Crippen LogP contribution in [-0.2, 0) is 14.4 Å². The third-order valence-electron chi connectivity index (χ3n) is 3.80. The second-order valence-electron chi connectivity index (χ2n) is 5.65. The molecule has 2 aromatic rings. The number of ether oxygens (including phenoxy) is 2. The summed E-state index contributed by atoms with van der Waals surface area (Å²) in [6, 6.07) is 13.7. The van der Waals surface area contributed by atoms with Gasteiger partial charge in [-0.25, -0.2) is 4.79 Å². The molecule has 0 bridgehead atoms. The number of amides is 2. The molecule has 0 atom stereocenters. The highest BCUT2D eigenvalue weighted by Gasteiger charge is 2.30. The van der Waals surface area contributed by atoms with Gasteiger partial charge in [-0.1, -0.05) is 24.3 Å². The van der Waals surface area contributed by atoms with E-state index in [0.29, 0.717) is 11.4 Å². The number of hydrogen-bond donors (Lipinski definition) is 0. The summed E-state index contributed by atoms with van der Waals surface area (Å²) in [5.41, 5.74) is 1.32. The molecule has 2 aromatic carbocycles. The number of esters is 1. The molecule has 1 aliphatic rings. The summed E-state index contributed by atoms with van der Waals surface area (Å²) >= 11 is 0. The van der Waals surface area contributed by atoms with Gasteiger partial charge in [0.15, 0.2) is 6.61 Å². The van der Waals surface area contributed by atoms with Crippen LogP contribution in [0.25, 0.3) is 0 Å². The fourth-order valence-corrected chi connectivity index (χ4v) is 2.57. The van der Waals surface area contributed by atoms with Crippen LogP contribution in [0.2, 0.25) is 0 Å². The zero-order valence-corrected chi connectivity index (χ0v) is 13.7. The van der Waals surface area contributed by atoms with Crippen LogP contribution in [0.4, 0.5) is 5.69 Å². The van der Waals surface area contributed by atoms with Crippen molar-refractivity contribution in [2.24, 2.45) is 0 Å². The first-order valence-corrected chi connectivity index (χ1v) is 7.89. The van der Waals surface area contributed by atoms with Crippen molar-refractivity contribution in [3.63, 3.8) is 0 Å². The average Bonchev–Trinajstić information content (AvgIpc) is 2.93. The molecule has 1 aliphatic heterocycles. The first-order chi connectivity index (χ1) is 12.0. The zero-order valence-electron chi connectivity index (χ0n) is 13.7. The Balaban J connectivity index is 1.64. The van der Waals surface area contributed by atoms with Gasteiger partial charge in [-0.3, -0.25) is 14.5 Å². The monoisotopic (exact) mass is 339 g/mol. The van der Waals surface area contributed by atoms with Gasteiger partial charge in [0.1, 0.15) is 11.5 Å². The number of carbonyl (C=O) groups is 3. The number of para-hydroxylation sites is 1. The van der Waals surface area contributed by atoms with Crippen molar-refractivity contribution in [1.29, 1.82) is 0 Å². The molecule has 2 amide bonds. The van der Waals surface area contributed by atoms with Crippen LogP contribution in [0.1, 0.15) is 18.4 Å². The molecule has 1 saturated heterocycles. The van der Waals surface area contributed by atoms with Gasteiger partial charge in [-0.15, -0.1) is 0 Å². The molecule has 1 heterocycles. The van der Waals surface area contributed by atoms with E-state index in [-0.39, 0.29) is 37.0 Å². The number of hydrogen-bond acceptors (Lipinski definition) is 5. The molecule has 0 aromatic heterocycles. The molecule has 0 aliphatic carbocycles. The van der Waals surface area contributed by atoms with Crippen molar-refractivity contribution in [1.82, 2.24) is 0 Å². The van der Waals surface area contributed by atoms with Crippen LogP contribution < -0.4 is 14.4 Å². The Kier molecular flexibility index (Phi) is 4.79. The highest BCUT2D eigenvalue weighted by molar-refractivity contribution is 6.19. The summed E-state index contributed by atoms with van der Waals surface area (Å²) in [4.78, 5) is 36.7. The average molecular weight is 339 g/mol. The number of imide groups is 1. The van der Waals surface area contributed by atoms with E-state index in [1.54, 1.807) is 24.3 Å². The van der Waals surface area contributed by atoms with E-state index in [1.807, 2.05) is 25.1 Å². The van der Waals surface area contributed by atoms with Crippen molar-refractivity contribution in [3.8, 4) is 11.5 Å². The molecule has 0 radical (unpaired) electrons. The van der Waals surface area contributed by atoms with Gasteiger partial charge in [0.05, 0.1) is 5.69 Å². The molecule has 128 valence electrons. The lowest BCUT2D eigenvalue weighted by Gasteiger charge is -2.15. The maximum Gasteiger partial charge on any atom is 0.349 e. The maximum absolute atomic E-state index is 12.0. The number of nitrogens with zero attached hydrogens (tertiary/aromatic N) is 1. The molecule has 6 heteroatoms. The van der Waals surface area contributed by atoms with Crippen molar-refractivity contribution in [2.75, 3.05) is 11.5 Å². The van der Waals surface area contributed by atoms with Gasteiger partial charge in [0.25, 0.3) is 0 Å². The first kappa shape index (κ1) is 16.7. The Hall–Kier alpha value is -3.15. The zero-order chi connectivity index (χ0) is 17.8. The standard InChI is InChI=1S/C19H17NO5/c1-13-5-2-3-8-16(13)24-12-19(23)25-15-7-4-6-14(11-15)20-17(21)9-10-18(20)22/h2-8,11H,9-10,12H2,1H3. The molecule has 0 saturated carbocycles. The van der Waals surface area contributed by atoms with Crippen LogP contribution in [0.15, 0.2) is 48.5 Å². The summed E-state index contributed by atoms with van der Waals surface area (Å²) in [5.74, 6) is -0.211. The van der Waals surface area contributed by atoms with Gasteiger partial charge in [0.2, 0.25) is 11.8 Å². The Labute approximate surface area is 145 Å². The number of aryl methyl sites for hydroxylation is 1. The number of carbonyl (C=O) groups excluding carboxylic acids is 3. The molecule has 25 heavy (non-hydrogen) atoms. The third kappa shape index (κ3) is 3.85. The van der Waals surface area contributed by atoms with Gasteiger partial charge >= 0.3 is 5.97 Å². The Morgan fingerprint density at radius 1 is 1.04 bits per heavy atom. The van der Waals surface area contributed by atoms with Crippen LogP contribution in [0, 0.1) is 6.92 Å². The van der Waals surface area contributed by atoms with Gasteiger partial charge in [-0.2, -0.15) is 0 Å². The minimum Gasteiger partial charge on any atom is -0.482 e. The molecular weight excluding hydrogens is 322 g/mol. The molecule has 6 nitrogen and oxygen atoms in total. The molecular formula is C19H17NO5. The number of rotatable bonds is 5. The lowest BCUT2D eigenvalue weighted by Crippen LogP contribution is -2.28. The summed E-state index contributed by atoms with van der Waals surface area (Å²) in [6.07, 6.45) is 0.403. The second kappa shape index (κ2) is 7.17. The van der Waals surface area contributed by atoms with Crippen molar-refractivity contribution >= 4 is 23.5 Å². The highest BCUT2D eigenvalue weighted by Crippen LogP contribution is 2.26.